The predicted molar refractivity (Wildman–Crippen MR) is 73.2 cm³/mol. The number of aromatic nitrogens is 1. The Morgan fingerprint density at radius 3 is 2.88 bits per heavy atom. The van der Waals surface area contributed by atoms with Crippen molar-refractivity contribution >= 4 is 33.9 Å². The minimum absolute atomic E-state index is 0.734. The molecule has 0 saturated heterocycles. The highest BCUT2D eigenvalue weighted by molar-refractivity contribution is 7.80. The van der Waals surface area contributed by atoms with Gasteiger partial charge in [-0.15, -0.1) is 0 Å². The number of benzene rings is 1. The molecule has 0 bridgehead atoms. The molecule has 2 rings (SSSR count). The lowest BCUT2D eigenvalue weighted by atomic mass is 10.2. The van der Waals surface area contributed by atoms with E-state index in [1.54, 1.807) is 6.26 Å². The predicted octanol–water partition coefficient (Wildman–Crippen LogP) is 2.87. The molecule has 0 aliphatic rings. The van der Waals surface area contributed by atoms with Crippen LogP contribution in [-0.2, 0) is 0 Å². The van der Waals surface area contributed by atoms with Gasteiger partial charge in [0.25, 0.3) is 0 Å². The Bertz CT molecular complexity index is 519. The van der Waals surface area contributed by atoms with Crippen LogP contribution in [0.5, 0.6) is 0 Å². The van der Waals surface area contributed by atoms with Crippen molar-refractivity contribution in [3.63, 3.8) is 0 Å². The topological polar surface area (TPSA) is 41.3 Å². The molecule has 17 heavy (non-hydrogen) atoms. The Morgan fingerprint density at radius 2 is 2.18 bits per heavy atom. The standard InChI is InChI=1S/C12H15N3OS/c1-3-15(4-2)12(17)13-10-6-5-9-8-16-14-11(9)7-10/h5-8H,3-4H2,1-2H3,(H,13,17). The molecular weight excluding hydrogens is 234 g/mol. The van der Waals surface area contributed by atoms with Crippen LogP contribution < -0.4 is 5.32 Å². The van der Waals surface area contributed by atoms with Crippen LogP contribution in [0.3, 0.4) is 0 Å². The molecule has 0 amide bonds. The van der Waals surface area contributed by atoms with Gasteiger partial charge in [-0.3, -0.25) is 0 Å². The molecule has 1 aromatic carbocycles. The monoisotopic (exact) mass is 249 g/mol. The van der Waals surface area contributed by atoms with E-state index in [1.807, 2.05) is 18.2 Å². The van der Waals surface area contributed by atoms with Crippen molar-refractivity contribution in [2.24, 2.45) is 0 Å². The third kappa shape index (κ3) is 2.55. The van der Waals surface area contributed by atoms with Crippen molar-refractivity contribution in [1.82, 2.24) is 10.1 Å². The maximum absolute atomic E-state index is 5.33. The first kappa shape index (κ1) is 11.9. The van der Waals surface area contributed by atoms with E-state index >= 15 is 0 Å². The average Bonchev–Trinajstić information content (AvgIpc) is 2.77. The number of nitrogens with zero attached hydrogens (tertiary/aromatic N) is 2. The smallest absolute Gasteiger partial charge is 0.173 e. The summed E-state index contributed by atoms with van der Waals surface area (Å²) in [5.74, 6) is 0. The number of nitrogens with one attached hydrogen (secondary N) is 1. The van der Waals surface area contributed by atoms with E-state index in [1.165, 1.54) is 0 Å². The molecule has 4 nitrogen and oxygen atoms in total. The van der Waals surface area contributed by atoms with E-state index in [2.05, 4.69) is 29.2 Å². The van der Waals surface area contributed by atoms with Crippen LogP contribution in [0.4, 0.5) is 5.69 Å². The van der Waals surface area contributed by atoms with Crippen LogP contribution in [0.2, 0.25) is 0 Å². The van der Waals surface area contributed by atoms with Gasteiger partial charge in [0.15, 0.2) is 5.11 Å². The molecule has 0 unspecified atom stereocenters. The molecule has 0 radical (unpaired) electrons. The minimum Gasteiger partial charge on any atom is -0.364 e. The maximum Gasteiger partial charge on any atom is 0.173 e. The third-order valence-corrected chi connectivity index (χ3v) is 3.02. The maximum atomic E-state index is 5.33. The van der Waals surface area contributed by atoms with Gasteiger partial charge in [-0.1, -0.05) is 5.16 Å². The zero-order chi connectivity index (χ0) is 12.3. The van der Waals surface area contributed by atoms with Gasteiger partial charge in [0.2, 0.25) is 0 Å². The summed E-state index contributed by atoms with van der Waals surface area (Å²) in [6.07, 6.45) is 1.63. The highest BCUT2D eigenvalue weighted by Crippen LogP contribution is 2.17. The van der Waals surface area contributed by atoms with Crippen LogP contribution in [0.1, 0.15) is 13.8 Å². The quantitative estimate of drug-likeness (QED) is 0.847. The van der Waals surface area contributed by atoms with Crippen molar-refractivity contribution in [2.75, 3.05) is 18.4 Å². The van der Waals surface area contributed by atoms with E-state index in [9.17, 15) is 0 Å². The first-order chi connectivity index (χ1) is 8.24. The molecular formula is C12H15N3OS. The SMILES string of the molecule is CCN(CC)C(=S)Nc1ccc2conc2c1. The fraction of sp³-hybridized carbons (Fsp3) is 0.333. The Balaban J connectivity index is 2.14. The second-order valence-corrected chi connectivity index (χ2v) is 4.08. The van der Waals surface area contributed by atoms with Gasteiger partial charge >= 0.3 is 0 Å². The van der Waals surface area contributed by atoms with Crippen molar-refractivity contribution in [1.29, 1.82) is 0 Å². The van der Waals surface area contributed by atoms with Crippen molar-refractivity contribution in [3.8, 4) is 0 Å². The molecule has 0 spiro atoms. The summed E-state index contributed by atoms with van der Waals surface area (Å²) in [5.41, 5.74) is 1.76. The number of thiocarbonyl (C=S) groups is 1. The summed E-state index contributed by atoms with van der Waals surface area (Å²) >= 11 is 5.33. The van der Waals surface area contributed by atoms with Gasteiger partial charge in [-0.2, -0.15) is 0 Å². The molecule has 1 N–H and O–H groups in total. The molecule has 90 valence electrons. The van der Waals surface area contributed by atoms with E-state index in [0.717, 1.165) is 34.8 Å². The van der Waals surface area contributed by atoms with Gasteiger partial charge in [-0.25, -0.2) is 0 Å². The number of hydrogen-bond acceptors (Lipinski definition) is 3. The van der Waals surface area contributed by atoms with Gasteiger partial charge in [0.05, 0.1) is 0 Å². The molecule has 0 aliphatic carbocycles. The highest BCUT2D eigenvalue weighted by atomic mass is 32.1. The number of hydrogen-bond donors (Lipinski definition) is 1. The van der Waals surface area contributed by atoms with E-state index in [-0.39, 0.29) is 0 Å². The zero-order valence-corrected chi connectivity index (χ0v) is 10.8. The second kappa shape index (κ2) is 5.14. The largest absolute Gasteiger partial charge is 0.364 e. The van der Waals surface area contributed by atoms with Crippen LogP contribution >= 0.6 is 12.2 Å². The number of rotatable bonds is 3. The van der Waals surface area contributed by atoms with Crippen LogP contribution in [0.15, 0.2) is 29.0 Å². The van der Waals surface area contributed by atoms with Gasteiger partial charge < -0.3 is 14.7 Å². The van der Waals surface area contributed by atoms with E-state index in [0.29, 0.717) is 0 Å². The van der Waals surface area contributed by atoms with E-state index < -0.39 is 0 Å². The lowest BCUT2D eigenvalue weighted by molar-refractivity contribution is 0.428. The summed E-state index contributed by atoms with van der Waals surface area (Å²) in [5, 5.41) is 8.83. The fourth-order valence-electron chi connectivity index (χ4n) is 1.65. The third-order valence-electron chi connectivity index (χ3n) is 2.66. The van der Waals surface area contributed by atoms with Crippen LogP contribution in [0.25, 0.3) is 10.9 Å². The minimum atomic E-state index is 0.734. The van der Waals surface area contributed by atoms with Crippen LogP contribution in [0, 0.1) is 0 Å². The fourth-order valence-corrected chi connectivity index (χ4v) is 2.03. The normalized spacial score (nSPS) is 10.5. The number of anilines is 1. The molecule has 0 saturated carbocycles. The first-order valence-electron chi connectivity index (χ1n) is 5.64. The molecule has 0 atom stereocenters. The van der Waals surface area contributed by atoms with Crippen molar-refractivity contribution in [2.45, 2.75) is 13.8 Å². The Morgan fingerprint density at radius 1 is 1.41 bits per heavy atom. The molecule has 1 aromatic heterocycles. The molecule has 5 heteroatoms. The van der Waals surface area contributed by atoms with Gasteiger partial charge in [0.1, 0.15) is 11.8 Å². The molecule has 0 aliphatic heterocycles. The van der Waals surface area contributed by atoms with Gasteiger partial charge in [-0.05, 0) is 44.3 Å². The van der Waals surface area contributed by atoms with Crippen molar-refractivity contribution < 1.29 is 4.52 Å². The first-order valence-corrected chi connectivity index (χ1v) is 6.05. The second-order valence-electron chi connectivity index (χ2n) is 3.69. The Kier molecular flexibility index (Phi) is 3.58. The Hall–Kier alpha value is -1.62. The number of fused-ring (bicyclic) bond motifs is 1. The summed E-state index contributed by atoms with van der Waals surface area (Å²) in [6.45, 7) is 5.96. The zero-order valence-electron chi connectivity index (χ0n) is 9.93. The lowest BCUT2D eigenvalue weighted by Gasteiger charge is -2.22. The average molecular weight is 249 g/mol. The molecule has 0 fully saturated rings. The highest BCUT2D eigenvalue weighted by Gasteiger charge is 2.06. The molecule has 2 aromatic rings. The summed E-state index contributed by atoms with van der Waals surface area (Å²) in [7, 11) is 0. The Labute approximate surface area is 106 Å². The summed E-state index contributed by atoms with van der Waals surface area (Å²) < 4.78 is 4.89. The van der Waals surface area contributed by atoms with Crippen LogP contribution in [-0.4, -0.2) is 28.3 Å². The molecule has 1 heterocycles. The van der Waals surface area contributed by atoms with Gasteiger partial charge in [0, 0.05) is 24.2 Å². The van der Waals surface area contributed by atoms with E-state index in [4.69, 9.17) is 16.7 Å². The lowest BCUT2D eigenvalue weighted by Crippen LogP contribution is -2.34. The summed E-state index contributed by atoms with van der Waals surface area (Å²) in [6, 6.07) is 5.85. The summed E-state index contributed by atoms with van der Waals surface area (Å²) in [4.78, 5) is 2.09. The van der Waals surface area contributed by atoms with Crippen molar-refractivity contribution in [3.05, 3.63) is 24.5 Å².